The highest BCUT2D eigenvalue weighted by molar-refractivity contribution is 6.02. The average Bonchev–Trinajstić information content (AvgIpc) is 2.88. The molecule has 0 saturated carbocycles. The second kappa shape index (κ2) is 5.34. The van der Waals surface area contributed by atoms with Crippen LogP contribution in [0.15, 0.2) is 34.7 Å². The summed E-state index contributed by atoms with van der Waals surface area (Å²) in [6, 6.07) is 7.64. The molecule has 0 aliphatic carbocycles. The van der Waals surface area contributed by atoms with Crippen molar-refractivity contribution in [2.24, 2.45) is 0 Å². The monoisotopic (exact) mass is 260 g/mol. The number of anilines is 1. The number of hydrogen-bond acceptors (Lipinski definition) is 4. The predicted octanol–water partition coefficient (Wildman–Crippen LogP) is 2.19. The van der Waals surface area contributed by atoms with Gasteiger partial charge in [-0.15, -0.1) is 0 Å². The van der Waals surface area contributed by atoms with Crippen molar-refractivity contribution in [2.75, 3.05) is 5.32 Å². The van der Waals surface area contributed by atoms with Gasteiger partial charge in [0, 0.05) is 6.42 Å². The number of carbonyl (C=O) groups excluding carboxylic acids is 1. The molecule has 2 aromatic rings. The molecular weight excluding hydrogens is 248 g/mol. The van der Waals surface area contributed by atoms with Crippen LogP contribution in [0.25, 0.3) is 0 Å². The highest BCUT2D eigenvalue weighted by Crippen LogP contribution is 2.11. The summed E-state index contributed by atoms with van der Waals surface area (Å²) in [7, 11) is 0. The van der Waals surface area contributed by atoms with Gasteiger partial charge in [0.2, 0.25) is 0 Å². The zero-order valence-electron chi connectivity index (χ0n) is 10.2. The molecule has 0 aromatic carbocycles. The van der Waals surface area contributed by atoms with E-state index in [2.05, 4.69) is 10.3 Å². The number of furan rings is 1. The maximum atomic E-state index is 11.8. The Morgan fingerprint density at radius 1 is 1.32 bits per heavy atom. The lowest BCUT2D eigenvalue weighted by Gasteiger charge is -2.02. The maximum Gasteiger partial charge on any atom is 0.354 e. The van der Waals surface area contributed by atoms with Crippen LogP contribution in [-0.2, 0) is 6.42 Å². The molecular formula is C13H12N2O4. The second-order valence-corrected chi connectivity index (χ2v) is 3.79. The molecule has 0 radical (unpaired) electrons. The van der Waals surface area contributed by atoms with Crippen LogP contribution in [-0.4, -0.2) is 22.0 Å². The van der Waals surface area contributed by atoms with Gasteiger partial charge in [-0.1, -0.05) is 13.0 Å². The second-order valence-electron chi connectivity index (χ2n) is 3.79. The first-order valence-corrected chi connectivity index (χ1v) is 5.70. The van der Waals surface area contributed by atoms with E-state index in [1.54, 1.807) is 12.1 Å². The van der Waals surface area contributed by atoms with E-state index in [1.165, 1.54) is 18.2 Å². The lowest BCUT2D eigenvalue weighted by atomic mass is 10.3. The van der Waals surface area contributed by atoms with Crippen LogP contribution in [0.5, 0.6) is 0 Å². The molecule has 2 aromatic heterocycles. The minimum atomic E-state index is -1.15. The molecule has 0 atom stereocenters. The number of amides is 1. The number of rotatable bonds is 4. The fourth-order valence-electron chi connectivity index (χ4n) is 1.49. The lowest BCUT2D eigenvalue weighted by Crippen LogP contribution is -2.13. The Hall–Kier alpha value is -2.63. The Morgan fingerprint density at radius 3 is 2.74 bits per heavy atom. The first-order chi connectivity index (χ1) is 9.10. The maximum absolute atomic E-state index is 11.8. The Balaban J connectivity index is 2.14. The number of carboxylic acid groups (broad SMARTS) is 1. The van der Waals surface area contributed by atoms with Crippen LogP contribution in [0, 0.1) is 0 Å². The molecule has 2 N–H and O–H groups in total. The van der Waals surface area contributed by atoms with Crippen molar-refractivity contribution in [2.45, 2.75) is 13.3 Å². The molecule has 6 heteroatoms. The highest BCUT2D eigenvalue weighted by Gasteiger charge is 2.12. The standard InChI is InChI=1S/C13H12N2O4/c1-2-8-6-7-10(19-8)12(16)15-11-5-3-4-9(14-11)13(17)18/h3-7H,2H2,1H3,(H,17,18)(H,14,15,16). The lowest BCUT2D eigenvalue weighted by molar-refractivity contribution is 0.0690. The predicted molar refractivity (Wildman–Crippen MR) is 67.2 cm³/mol. The molecule has 0 aliphatic heterocycles. The summed E-state index contributed by atoms with van der Waals surface area (Å²) >= 11 is 0. The number of aryl methyl sites for hydroxylation is 1. The van der Waals surface area contributed by atoms with E-state index in [1.807, 2.05) is 6.92 Å². The summed E-state index contributed by atoms with van der Waals surface area (Å²) < 4.78 is 5.29. The van der Waals surface area contributed by atoms with Crippen LogP contribution in [0.4, 0.5) is 5.82 Å². The molecule has 0 spiro atoms. The summed E-state index contributed by atoms with van der Waals surface area (Å²) in [4.78, 5) is 26.4. The minimum Gasteiger partial charge on any atom is -0.477 e. The number of nitrogens with zero attached hydrogens (tertiary/aromatic N) is 1. The molecule has 0 saturated heterocycles. The SMILES string of the molecule is CCc1ccc(C(=O)Nc2cccc(C(=O)O)n2)o1. The van der Waals surface area contributed by atoms with Crippen molar-refractivity contribution in [3.63, 3.8) is 0 Å². The molecule has 1 amide bonds. The molecule has 0 aliphatic rings. The van der Waals surface area contributed by atoms with E-state index in [9.17, 15) is 9.59 Å². The van der Waals surface area contributed by atoms with Crippen molar-refractivity contribution in [3.05, 3.63) is 47.5 Å². The van der Waals surface area contributed by atoms with Crippen LogP contribution in [0.1, 0.15) is 33.7 Å². The minimum absolute atomic E-state index is 0.133. The molecule has 2 heterocycles. The van der Waals surface area contributed by atoms with Gasteiger partial charge in [0.1, 0.15) is 11.6 Å². The normalized spacial score (nSPS) is 10.2. The third-order valence-corrected chi connectivity index (χ3v) is 2.44. The number of nitrogens with one attached hydrogen (secondary N) is 1. The van der Waals surface area contributed by atoms with E-state index < -0.39 is 11.9 Å². The van der Waals surface area contributed by atoms with Crippen molar-refractivity contribution in [1.29, 1.82) is 0 Å². The highest BCUT2D eigenvalue weighted by atomic mass is 16.4. The summed E-state index contributed by atoms with van der Waals surface area (Å²) in [5.74, 6) is -0.576. The molecule has 19 heavy (non-hydrogen) atoms. The number of pyridine rings is 1. The quantitative estimate of drug-likeness (QED) is 0.879. The van der Waals surface area contributed by atoms with Gasteiger partial charge in [0.15, 0.2) is 11.5 Å². The van der Waals surface area contributed by atoms with Crippen molar-refractivity contribution in [3.8, 4) is 0 Å². The molecule has 0 bridgehead atoms. The third kappa shape index (κ3) is 2.98. The van der Waals surface area contributed by atoms with Gasteiger partial charge >= 0.3 is 5.97 Å². The molecule has 0 fully saturated rings. The summed E-state index contributed by atoms with van der Waals surface area (Å²) in [5, 5.41) is 11.3. The van der Waals surface area contributed by atoms with Gasteiger partial charge in [0.05, 0.1) is 0 Å². The van der Waals surface area contributed by atoms with Gasteiger partial charge in [-0.2, -0.15) is 0 Å². The first kappa shape index (κ1) is 12.8. The molecule has 0 unspecified atom stereocenters. The number of aromatic carboxylic acids is 1. The largest absolute Gasteiger partial charge is 0.477 e. The fraction of sp³-hybridized carbons (Fsp3) is 0.154. The van der Waals surface area contributed by atoms with Crippen LogP contribution in [0.2, 0.25) is 0 Å². The van der Waals surface area contributed by atoms with E-state index in [4.69, 9.17) is 9.52 Å². The number of hydrogen-bond donors (Lipinski definition) is 2. The van der Waals surface area contributed by atoms with Gasteiger partial charge in [-0.25, -0.2) is 9.78 Å². The zero-order valence-corrected chi connectivity index (χ0v) is 10.2. The Labute approximate surface area is 109 Å². The summed E-state index contributed by atoms with van der Waals surface area (Å²) in [6.07, 6.45) is 0.694. The Morgan fingerprint density at radius 2 is 2.11 bits per heavy atom. The van der Waals surface area contributed by atoms with Crippen molar-refractivity contribution < 1.29 is 19.1 Å². The van der Waals surface area contributed by atoms with Crippen molar-refractivity contribution >= 4 is 17.7 Å². The zero-order chi connectivity index (χ0) is 13.8. The van der Waals surface area contributed by atoms with Crippen LogP contribution in [0.3, 0.4) is 0 Å². The smallest absolute Gasteiger partial charge is 0.354 e. The van der Waals surface area contributed by atoms with Crippen molar-refractivity contribution in [1.82, 2.24) is 4.98 Å². The molecule has 98 valence electrons. The number of carbonyl (C=O) groups is 2. The fourth-order valence-corrected chi connectivity index (χ4v) is 1.49. The van der Waals surface area contributed by atoms with Gasteiger partial charge < -0.3 is 14.8 Å². The van der Waals surface area contributed by atoms with Gasteiger partial charge in [-0.3, -0.25) is 4.79 Å². The van der Waals surface area contributed by atoms with E-state index >= 15 is 0 Å². The van der Waals surface area contributed by atoms with Crippen LogP contribution < -0.4 is 5.32 Å². The summed E-state index contributed by atoms with van der Waals surface area (Å²) in [5.41, 5.74) is -0.133. The number of aromatic nitrogens is 1. The third-order valence-electron chi connectivity index (χ3n) is 2.44. The van der Waals surface area contributed by atoms with E-state index in [0.29, 0.717) is 12.2 Å². The number of carboxylic acids is 1. The Bertz CT molecular complexity index is 619. The van der Waals surface area contributed by atoms with Gasteiger partial charge in [0.25, 0.3) is 5.91 Å². The average molecular weight is 260 g/mol. The summed E-state index contributed by atoms with van der Waals surface area (Å²) in [6.45, 7) is 1.92. The van der Waals surface area contributed by atoms with Crippen LogP contribution >= 0.6 is 0 Å². The molecule has 2 rings (SSSR count). The van der Waals surface area contributed by atoms with E-state index in [0.717, 1.165) is 0 Å². The van der Waals surface area contributed by atoms with E-state index in [-0.39, 0.29) is 17.3 Å². The topological polar surface area (TPSA) is 92.4 Å². The Kier molecular flexibility index (Phi) is 3.61. The molecule has 6 nitrogen and oxygen atoms in total. The van der Waals surface area contributed by atoms with Gasteiger partial charge in [-0.05, 0) is 24.3 Å². The first-order valence-electron chi connectivity index (χ1n) is 5.70.